The third-order valence-electron chi connectivity index (χ3n) is 2.76. The van der Waals surface area contributed by atoms with Crippen molar-refractivity contribution in [3.63, 3.8) is 0 Å². The Morgan fingerprint density at radius 1 is 1.10 bits per heavy atom. The summed E-state index contributed by atoms with van der Waals surface area (Å²) < 4.78 is 0. The van der Waals surface area contributed by atoms with Crippen LogP contribution in [0.25, 0.3) is 0 Å². The maximum Gasteiger partial charge on any atom is -0.0253 e. The zero-order valence-corrected chi connectivity index (χ0v) is 7.58. The number of hydrogen-bond donors (Lipinski definition) is 0. The molecule has 0 nitrogen and oxygen atoms in total. The van der Waals surface area contributed by atoms with Crippen LogP contribution in [0.1, 0.15) is 32.1 Å². The Labute approximate surface area is 64.5 Å². The third kappa shape index (κ3) is 1.03. The van der Waals surface area contributed by atoms with Gasteiger partial charge < -0.3 is 0 Å². The molecule has 0 saturated heterocycles. The summed E-state index contributed by atoms with van der Waals surface area (Å²) in [6.07, 6.45) is 8.82. The molecule has 2 rings (SSSR count). The molecule has 0 saturated carbocycles. The molecule has 10 heavy (non-hydrogen) atoms. The van der Waals surface area contributed by atoms with Gasteiger partial charge in [-0.15, -0.1) is 0 Å². The van der Waals surface area contributed by atoms with Gasteiger partial charge in [-0.1, -0.05) is 13.5 Å². The molecule has 0 fully saturated rings. The highest BCUT2D eigenvalue weighted by molar-refractivity contribution is 7.61. The van der Waals surface area contributed by atoms with Gasteiger partial charge in [0.05, 0.1) is 0 Å². The summed E-state index contributed by atoms with van der Waals surface area (Å²) in [6, 6.07) is 0. The summed E-state index contributed by atoms with van der Waals surface area (Å²) in [6.45, 7) is 2.46. The SMILES string of the molecule is CP1CCC2=C1CCCC2. The summed E-state index contributed by atoms with van der Waals surface area (Å²) in [4.78, 5) is 0. The van der Waals surface area contributed by atoms with Crippen LogP contribution in [0.2, 0.25) is 0 Å². The summed E-state index contributed by atoms with van der Waals surface area (Å²) >= 11 is 0. The molecule has 1 aliphatic heterocycles. The molecule has 1 heterocycles. The van der Waals surface area contributed by atoms with Crippen molar-refractivity contribution < 1.29 is 0 Å². The normalized spacial score (nSPS) is 32.7. The second-order valence-electron chi connectivity index (χ2n) is 3.43. The van der Waals surface area contributed by atoms with Crippen molar-refractivity contribution in [2.75, 3.05) is 12.8 Å². The van der Waals surface area contributed by atoms with Crippen LogP contribution in [0.3, 0.4) is 0 Å². The van der Waals surface area contributed by atoms with Gasteiger partial charge >= 0.3 is 0 Å². The molecule has 1 aliphatic carbocycles. The first-order chi connectivity index (χ1) is 4.88. The number of allylic oxidation sites excluding steroid dienone is 2. The Morgan fingerprint density at radius 2 is 1.90 bits per heavy atom. The van der Waals surface area contributed by atoms with Gasteiger partial charge in [0.1, 0.15) is 0 Å². The summed E-state index contributed by atoms with van der Waals surface area (Å²) in [5.41, 5.74) is 1.86. The van der Waals surface area contributed by atoms with Crippen molar-refractivity contribution in [1.29, 1.82) is 0 Å². The molecule has 1 atom stereocenters. The number of hydrogen-bond acceptors (Lipinski definition) is 0. The molecular formula is C9H15P. The first kappa shape index (κ1) is 6.85. The van der Waals surface area contributed by atoms with Crippen LogP contribution in [0.5, 0.6) is 0 Å². The van der Waals surface area contributed by atoms with E-state index < -0.39 is 0 Å². The summed E-state index contributed by atoms with van der Waals surface area (Å²) in [7, 11) is 0.357. The fraction of sp³-hybridized carbons (Fsp3) is 0.778. The van der Waals surface area contributed by atoms with E-state index in [0.717, 1.165) is 0 Å². The highest BCUT2D eigenvalue weighted by atomic mass is 31.1. The first-order valence-corrected chi connectivity index (χ1v) is 6.27. The van der Waals surface area contributed by atoms with E-state index in [1.165, 1.54) is 38.3 Å². The second-order valence-corrected chi connectivity index (χ2v) is 5.81. The van der Waals surface area contributed by atoms with E-state index in [-0.39, 0.29) is 0 Å². The minimum Gasteiger partial charge on any atom is -0.0827 e. The van der Waals surface area contributed by atoms with Gasteiger partial charge in [0.2, 0.25) is 0 Å². The van der Waals surface area contributed by atoms with Gasteiger partial charge in [-0.05, 0) is 50.2 Å². The third-order valence-corrected chi connectivity index (χ3v) is 5.12. The van der Waals surface area contributed by atoms with Crippen molar-refractivity contribution in [2.45, 2.75) is 32.1 Å². The molecule has 1 unspecified atom stereocenters. The Bertz CT molecular complexity index is 170. The molecule has 1 heteroatoms. The van der Waals surface area contributed by atoms with Crippen molar-refractivity contribution in [1.82, 2.24) is 0 Å². The van der Waals surface area contributed by atoms with Crippen LogP contribution in [0.15, 0.2) is 10.9 Å². The highest BCUT2D eigenvalue weighted by Gasteiger charge is 2.22. The average molecular weight is 154 g/mol. The van der Waals surface area contributed by atoms with Crippen LogP contribution >= 0.6 is 7.92 Å². The van der Waals surface area contributed by atoms with Crippen LogP contribution in [-0.2, 0) is 0 Å². The van der Waals surface area contributed by atoms with E-state index >= 15 is 0 Å². The van der Waals surface area contributed by atoms with Crippen LogP contribution < -0.4 is 0 Å². The van der Waals surface area contributed by atoms with Crippen molar-refractivity contribution in [3.05, 3.63) is 10.9 Å². The molecule has 2 aliphatic rings. The van der Waals surface area contributed by atoms with E-state index in [9.17, 15) is 0 Å². The largest absolute Gasteiger partial charge is 0.0827 e. The lowest BCUT2D eigenvalue weighted by atomic mass is 9.98. The van der Waals surface area contributed by atoms with E-state index in [1.54, 1.807) is 0 Å². The van der Waals surface area contributed by atoms with Gasteiger partial charge in [0.25, 0.3) is 0 Å². The minimum absolute atomic E-state index is 0.357. The topological polar surface area (TPSA) is 0 Å². The van der Waals surface area contributed by atoms with Crippen LogP contribution in [0.4, 0.5) is 0 Å². The Morgan fingerprint density at radius 3 is 2.70 bits per heavy atom. The standard InChI is InChI=1S/C9H15P/c1-10-7-6-8-4-2-3-5-9(8)10/h2-7H2,1H3. The lowest BCUT2D eigenvalue weighted by Crippen LogP contribution is -1.92. The molecule has 0 aromatic carbocycles. The lowest BCUT2D eigenvalue weighted by Gasteiger charge is -2.16. The van der Waals surface area contributed by atoms with E-state index in [4.69, 9.17) is 0 Å². The zero-order chi connectivity index (χ0) is 6.97. The van der Waals surface area contributed by atoms with E-state index in [0.29, 0.717) is 7.92 Å². The Hall–Kier alpha value is 0.170. The average Bonchev–Trinajstić information content (AvgIpc) is 2.34. The van der Waals surface area contributed by atoms with Crippen molar-refractivity contribution >= 4 is 7.92 Å². The highest BCUT2D eigenvalue weighted by Crippen LogP contribution is 2.54. The quantitative estimate of drug-likeness (QED) is 0.469. The second kappa shape index (κ2) is 2.66. The van der Waals surface area contributed by atoms with E-state index in [2.05, 4.69) is 6.66 Å². The smallest absolute Gasteiger partial charge is 0.0253 e. The molecule has 0 amide bonds. The Balaban J connectivity index is 2.20. The maximum absolute atomic E-state index is 2.46. The maximum atomic E-state index is 2.46. The first-order valence-electron chi connectivity index (χ1n) is 4.30. The predicted octanol–water partition coefficient (Wildman–Crippen LogP) is 3.33. The molecule has 0 N–H and O–H groups in total. The fourth-order valence-corrected chi connectivity index (χ4v) is 4.30. The molecule has 0 radical (unpaired) electrons. The fourth-order valence-electron chi connectivity index (χ4n) is 2.12. The minimum atomic E-state index is 0.357. The van der Waals surface area contributed by atoms with Crippen LogP contribution in [-0.4, -0.2) is 12.8 Å². The molecule has 0 spiro atoms. The van der Waals surface area contributed by atoms with Crippen LogP contribution in [0, 0.1) is 0 Å². The predicted molar refractivity (Wildman–Crippen MR) is 47.8 cm³/mol. The van der Waals surface area contributed by atoms with Crippen molar-refractivity contribution in [3.8, 4) is 0 Å². The van der Waals surface area contributed by atoms with Gasteiger partial charge in [-0.3, -0.25) is 0 Å². The molecule has 0 bridgehead atoms. The monoisotopic (exact) mass is 154 g/mol. The van der Waals surface area contributed by atoms with Gasteiger partial charge in [0, 0.05) is 0 Å². The summed E-state index contributed by atoms with van der Waals surface area (Å²) in [5.74, 6) is 0. The molecule has 0 aromatic rings. The molecular weight excluding hydrogens is 139 g/mol. The Kier molecular flexibility index (Phi) is 1.82. The lowest BCUT2D eigenvalue weighted by molar-refractivity contribution is 0.685. The molecule has 0 aromatic heterocycles. The zero-order valence-electron chi connectivity index (χ0n) is 6.69. The van der Waals surface area contributed by atoms with Gasteiger partial charge in [0.15, 0.2) is 0 Å². The summed E-state index contributed by atoms with van der Waals surface area (Å²) in [5, 5.41) is 1.90. The van der Waals surface area contributed by atoms with Crippen molar-refractivity contribution in [2.24, 2.45) is 0 Å². The van der Waals surface area contributed by atoms with E-state index in [1.807, 2.05) is 10.9 Å². The van der Waals surface area contributed by atoms with Gasteiger partial charge in [-0.25, -0.2) is 0 Å². The molecule has 56 valence electrons. The number of rotatable bonds is 0. The van der Waals surface area contributed by atoms with Gasteiger partial charge in [-0.2, -0.15) is 0 Å².